The summed E-state index contributed by atoms with van der Waals surface area (Å²) in [4.78, 5) is 26.5. The minimum Gasteiger partial charge on any atom is -0.458 e. The van der Waals surface area contributed by atoms with E-state index in [0.29, 0.717) is 5.52 Å². The lowest BCUT2D eigenvalue weighted by Gasteiger charge is -2.03. The molecule has 0 aliphatic rings. The molecule has 0 aliphatic heterocycles. The highest BCUT2D eigenvalue weighted by atomic mass is 16.6. The average molecular weight is 248 g/mol. The number of hydrogen-bond donors (Lipinski definition) is 0. The number of hydrogen-bond acceptors (Lipinski definition) is 5. The topological polar surface area (TPSA) is 70.4 Å². The van der Waals surface area contributed by atoms with Gasteiger partial charge in [-0.25, -0.2) is 14.6 Å². The Labute approximate surface area is 103 Å². The molecular formula is C12H12N2O4. The fourth-order valence-electron chi connectivity index (χ4n) is 1.52. The molecule has 1 heterocycles. The lowest BCUT2D eigenvalue weighted by Crippen LogP contribution is -2.22. The van der Waals surface area contributed by atoms with Crippen molar-refractivity contribution in [2.75, 3.05) is 6.61 Å². The molecular weight excluding hydrogens is 236 g/mol. The molecule has 0 saturated heterocycles. The van der Waals surface area contributed by atoms with Gasteiger partial charge in [-0.3, -0.25) is 0 Å². The van der Waals surface area contributed by atoms with Gasteiger partial charge in [0.2, 0.25) is 0 Å². The van der Waals surface area contributed by atoms with Crippen LogP contribution in [0.2, 0.25) is 0 Å². The number of imidazole rings is 1. The normalized spacial score (nSPS) is 10.3. The summed E-state index contributed by atoms with van der Waals surface area (Å²) in [5, 5.41) is 0. The molecule has 6 nitrogen and oxygen atoms in total. The fraction of sp³-hybridized carbons (Fsp3) is 0.250. The van der Waals surface area contributed by atoms with Crippen molar-refractivity contribution in [2.24, 2.45) is 7.05 Å². The molecule has 0 aliphatic carbocycles. The van der Waals surface area contributed by atoms with Gasteiger partial charge in [0.25, 0.3) is 0 Å². The lowest BCUT2D eigenvalue weighted by molar-refractivity contribution is -0.161. The van der Waals surface area contributed by atoms with E-state index in [1.54, 1.807) is 31.5 Å². The van der Waals surface area contributed by atoms with Crippen LogP contribution >= 0.6 is 0 Å². The summed E-state index contributed by atoms with van der Waals surface area (Å²) in [6.07, 6.45) is 1.65. The lowest BCUT2D eigenvalue weighted by atomic mass is 10.3. The Balaban J connectivity index is 2.17. The Morgan fingerprint density at radius 1 is 1.33 bits per heavy atom. The molecule has 0 amide bonds. The number of aryl methyl sites for hydroxylation is 1. The van der Waals surface area contributed by atoms with E-state index in [2.05, 4.69) is 9.72 Å². The summed E-state index contributed by atoms with van der Waals surface area (Å²) in [5.74, 6) is -1.77. The zero-order valence-corrected chi connectivity index (χ0v) is 10.0. The van der Waals surface area contributed by atoms with Gasteiger partial charge in [0.05, 0.1) is 24.0 Å². The molecule has 0 saturated carbocycles. The molecule has 0 fully saturated rings. The van der Waals surface area contributed by atoms with Crippen LogP contribution in [0.4, 0.5) is 0 Å². The Kier molecular flexibility index (Phi) is 3.27. The second kappa shape index (κ2) is 4.87. The molecule has 1 aromatic heterocycles. The van der Waals surface area contributed by atoms with Crippen LogP contribution in [0, 0.1) is 0 Å². The monoisotopic (exact) mass is 248 g/mol. The van der Waals surface area contributed by atoms with Gasteiger partial charge in [-0.2, -0.15) is 0 Å². The van der Waals surface area contributed by atoms with E-state index in [1.165, 1.54) is 0 Å². The van der Waals surface area contributed by atoms with Crippen molar-refractivity contribution in [1.82, 2.24) is 9.55 Å². The molecule has 94 valence electrons. The number of esters is 2. The standard InChI is InChI=1S/C12H12N2O4/c1-3-17-11(15)12(16)18-8-4-5-10-9(6-8)13-7-14(10)2/h4-7H,3H2,1-2H3. The number of nitrogens with zero attached hydrogens (tertiary/aromatic N) is 2. The number of rotatable bonds is 2. The van der Waals surface area contributed by atoms with Gasteiger partial charge in [-0.1, -0.05) is 0 Å². The molecule has 2 aromatic rings. The summed E-state index contributed by atoms with van der Waals surface area (Å²) >= 11 is 0. The summed E-state index contributed by atoms with van der Waals surface area (Å²) in [7, 11) is 1.86. The smallest absolute Gasteiger partial charge is 0.422 e. The van der Waals surface area contributed by atoms with E-state index < -0.39 is 11.9 Å². The summed E-state index contributed by atoms with van der Waals surface area (Å²) in [6, 6.07) is 4.95. The van der Waals surface area contributed by atoms with Crippen LogP contribution < -0.4 is 4.74 Å². The maximum absolute atomic E-state index is 11.3. The number of carbonyl (C=O) groups excluding carboxylic acids is 2. The van der Waals surface area contributed by atoms with Crippen molar-refractivity contribution >= 4 is 23.0 Å². The highest BCUT2D eigenvalue weighted by molar-refractivity contribution is 6.30. The van der Waals surface area contributed by atoms with Gasteiger partial charge in [0.15, 0.2) is 0 Å². The van der Waals surface area contributed by atoms with E-state index in [9.17, 15) is 9.59 Å². The molecule has 0 bridgehead atoms. The number of benzene rings is 1. The van der Waals surface area contributed by atoms with Crippen LogP contribution in [-0.4, -0.2) is 28.1 Å². The van der Waals surface area contributed by atoms with Gasteiger partial charge in [0, 0.05) is 13.1 Å². The summed E-state index contributed by atoms with van der Waals surface area (Å²) < 4.78 is 11.3. The highest BCUT2D eigenvalue weighted by Crippen LogP contribution is 2.19. The molecule has 0 atom stereocenters. The van der Waals surface area contributed by atoms with Crippen molar-refractivity contribution in [3.05, 3.63) is 24.5 Å². The van der Waals surface area contributed by atoms with Crippen molar-refractivity contribution in [1.29, 1.82) is 0 Å². The second-order valence-corrected chi connectivity index (χ2v) is 3.62. The first-order valence-corrected chi connectivity index (χ1v) is 5.42. The first-order valence-electron chi connectivity index (χ1n) is 5.42. The molecule has 0 unspecified atom stereocenters. The third-order valence-electron chi connectivity index (χ3n) is 2.35. The molecule has 1 aromatic carbocycles. The number of fused-ring (bicyclic) bond motifs is 1. The second-order valence-electron chi connectivity index (χ2n) is 3.62. The van der Waals surface area contributed by atoms with Crippen molar-refractivity contribution in [3.63, 3.8) is 0 Å². The SMILES string of the molecule is CCOC(=O)C(=O)Oc1ccc2c(c1)ncn2C. The van der Waals surface area contributed by atoms with E-state index in [4.69, 9.17) is 4.74 Å². The maximum Gasteiger partial charge on any atom is 0.422 e. The number of ether oxygens (including phenoxy) is 2. The Bertz CT molecular complexity index is 603. The van der Waals surface area contributed by atoms with Gasteiger partial charge >= 0.3 is 11.9 Å². The highest BCUT2D eigenvalue weighted by Gasteiger charge is 2.17. The van der Waals surface area contributed by atoms with Gasteiger partial charge in [0.1, 0.15) is 5.75 Å². The third kappa shape index (κ3) is 2.32. The molecule has 2 rings (SSSR count). The van der Waals surface area contributed by atoms with Crippen LogP contribution in [0.1, 0.15) is 6.92 Å². The third-order valence-corrected chi connectivity index (χ3v) is 2.35. The Morgan fingerprint density at radius 3 is 2.83 bits per heavy atom. The van der Waals surface area contributed by atoms with E-state index in [0.717, 1.165) is 5.52 Å². The minimum absolute atomic E-state index is 0.132. The van der Waals surface area contributed by atoms with Crippen LogP contribution in [-0.2, 0) is 21.4 Å². The fourth-order valence-corrected chi connectivity index (χ4v) is 1.52. The predicted molar refractivity (Wildman–Crippen MR) is 63.0 cm³/mol. The maximum atomic E-state index is 11.3. The van der Waals surface area contributed by atoms with Gasteiger partial charge in [-0.15, -0.1) is 0 Å². The van der Waals surface area contributed by atoms with E-state index >= 15 is 0 Å². The van der Waals surface area contributed by atoms with Crippen LogP contribution in [0.25, 0.3) is 11.0 Å². The molecule has 6 heteroatoms. The van der Waals surface area contributed by atoms with E-state index in [-0.39, 0.29) is 12.4 Å². The first-order chi connectivity index (χ1) is 8.61. The zero-order chi connectivity index (χ0) is 13.1. The van der Waals surface area contributed by atoms with Crippen LogP contribution in [0.15, 0.2) is 24.5 Å². The molecule has 0 spiro atoms. The summed E-state index contributed by atoms with van der Waals surface area (Å²) in [6.45, 7) is 1.75. The Morgan fingerprint density at radius 2 is 2.11 bits per heavy atom. The van der Waals surface area contributed by atoms with E-state index in [1.807, 2.05) is 11.6 Å². The van der Waals surface area contributed by atoms with Crippen molar-refractivity contribution < 1.29 is 19.1 Å². The Hall–Kier alpha value is -2.37. The average Bonchev–Trinajstić information content (AvgIpc) is 2.71. The van der Waals surface area contributed by atoms with Crippen molar-refractivity contribution in [2.45, 2.75) is 6.92 Å². The molecule has 0 N–H and O–H groups in total. The van der Waals surface area contributed by atoms with Crippen LogP contribution in [0.5, 0.6) is 5.75 Å². The minimum atomic E-state index is -1.04. The summed E-state index contributed by atoms with van der Waals surface area (Å²) in [5.41, 5.74) is 1.59. The van der Waals surface area contributed by atoms with Gasteiger partial charge in [-0.05, 0) is 19.1 Å². The zero-order valence-electron chi connectivity index (χ0n) is 10.0. The van der Waals surface area contributed by atoms with Crippen molar-refractivity contribution in [3.8, 4) is 5.75 Å². The van der Waals surface area contributed by atoms with Crippen LogP contribution in [0.3, 0.4) is 0 Å². The van der Waals surface area contributed by atoms with Gasteiger partial charge < -0.3 is 14.0 Å². The first kappa shape index (κ1) is 12.1. The number of aromatic nitrogens is 2. The molecule has 0 radical (unpaired) electrons. The molecule has 18 heavy (non-hydrogen) atoms. The predicted octanol–water partition coefficient (Wildman–Crippen LogP) is 1.04. The number of carbonyl (C=O) groups is 2. The quantitative estimate of drug-likeness (QED) is 0.451. The largest absolute Gasteiger partial charge is 0.458 e.